The van der Waals surface area contributed by atoms with Gasteiger partial charge in [-0.15, -0.1) is 0 Å². The number of rotatable bonds is 10. The molecule has 0 radical (unpaired) electrons. The number of benzene rings is 3. The van der Waals surface area contributed by atoms with Gasteiger partial charge in [-0.05, 0) is 78.8 Å². The molecule has 43 heavy (non-hydrogen) atoms. The number of likely N-dealkylation sites (tertiary alicyclic amines) is 1. The molecule has 2 fully saturated rings. The molecule has 1 saturated heterocycles. The Kier molecular flexibility index (Phi) is 10.1. The van der Waals surface area contributed by atoms with Crippen LogP contribution in [0.5, 0.6) is 5.75 Å². The lowest BCUT2D eigenvalue weighted by Crippen LogP contribution is -2.51. The highest BCUT2D eigenvalue weighted by Gasteiger charge is 2.40. The summed E-state index contributed by atoms with van der Waals surface area (Å²) >= 11 is 0. The SMILES string of the molecule is COc1ccc(CNC(=O)c2ccc(CN(C(=O)C3(C)CCCCC3)C3CCN(Cc4ccc(F)cc4)CC3)cc2)cc1. The number of nitrogens with zero attached hydrogens (tertiary/aromatic N) is 2. The molecule has 1 saturated carbocycles. The monoisotopic (exact) mass is 585 g/mol. The van der Waals surface area contributed by atoms with Crippen molar-refractivity contribution < 1.29 is 18.7 Å². The van der Waals surface area contributed by atoms with Gasteiger partial charge in [-0.25, -0.2) is 4.39 Å². The minimum absolute atomic E-state index is 0.126. The van der Waals surface area contributed by atoms with Crippen LogP contribution in [0.25, 0.3) is 0 Å². The minimum Gasteiger partial charge on any atom is -0.497 e. The van der Waals surface area contributed by atoms with Crippen molar-refractivity contribution in [1.29, 1.82) is 0 Å². The number of amides is 2. The van der Waals surface area contributed by atoms with Gasteiger partial charge < -0.3 is 15.0 Å². The standard InChI is InChI=1S/C36H44FN3O3/c1-36(20-4-3-5-21-36)35(42)40(32-18-22-39(23-19-32)25-28-8-14-31(37)15-9-28)26-29-6-12-30(13-7-29)34(41)38-24-27-10-16-33(43-2)17-11-27/h6-17,32H,3-5,18-26H2,1-2H3,(H,38,41). The second-order valence-electron chi connectivity index (χ2n) is 12.4. The lowest BCUT2D eigenvalue weighted by atomic mass is 9.74. The van der Waals surface area contributed by atoms with Crippen molar-refractivity contribution >= 4 is 11.8 Å². The van der Waals surface area contributed by atoms with Crippen molar-refractivity contribution in [3.63, 3.8) is 0 Å². The molecule has 228 valence electrons. The van der Waals surface area contributed by atoms with Crippen LogP contribution >= 0.6 is 0 Å². The van der Waals surface area contributed by atoms with Crippen LogP contribution in [0.1, 0.15) is 78.9 Å². The van der Waals surface area contributed by atoms with Crippen LogP contribution in [0, 0.1) is 11.2 Å². The summed E-state index contributed by atoms with van der Waals surface area (Å²) in [4.78, 5) is 31.5. The summed E-state index contributed by atoms with van der Waals surface area (Å²) in [5.74, 6) is 0.713. The van der Waals surface area contributed by atoms with E-state index in [0.29, 0.717) is 18.7 Å². The third-order valence-electron chi connectivity index (χ3n) is 9.23. The molecule has 7 heteroatoms. The summed E-state index contributed by atoms with van der Waals surface area (Å²) in [5, 5.41) is 2.99. The van der Waals surface area contributed by atoms with E-state index in [9.17, 15) is 14.0 Å². The molecule has 0 bridgehead atoms. The summed E-state index contributed by atoms with van der Waals surface area (Å²) in [5.41, 5.74) is 3.43. The Morgan fingerprint density at radius 1 is 0.884 bits per heavy atom. The molecule has 0 atom stereocenters. The van der Waals surface area contributed by atoms with Gasteiger partial charge in [0.2, 0.25) is 5.91 Å². The molecule has 3 aromatic rings. The number of hydrogen-bond donors (Lipinski definition) is 1. The maximum atomic E-state index is 14.2. The molecule has 6 nitrogen and oxygen atoms in total. The average Bonchev–Trinajstić information content (AvgIpc) is 3.04. The van der Waals surface area contributed by atoms with Gasteiger partial charge in [0.25, 0.3) is 5.91 Å². The van der Waals surface area contributed by atoms with Gasteiger partial charge in [-0.1, -0.05) is 62.6 Å². The van der Waals surface area contributed by atoms with E-state index in [4.69, 9.17) is 4.74 Å². The Morgan fingerprint density at radius 2 is 1.49 bits per heavy atom. The topological polar surface area (TPSA) is 61.9 Å². The van der Waals surface area contributed by atoms with Crippen LogP contribution in [0.3, 0.4) is 0 Å². The van der Waals surface area contributed by atoms with Gasteiger partial charge in [0.1, 0.15) is 11.6 Å². The molecule has 3 aromatic carbocycles. The molecule has 1 aliphatic carbocycles. The van der Waals surface area contributed by atoms with Crippen molar-refractivity contribution in [2.24, 2.45) is 5.41 Å². The molecule has 0 aromatic heterocycles. The van der Waals surface area contributed by atoms with E-state index in [2.05, 4.69) is 22.0 Å². The second kappa shape index (κ2) is 14.2. The van der Waals surface area contributed by atoms with Crippen molar-refractivity contribution in [1.82, 2.24) is 15.1 Å². The summed E-state index contributed by atoms with van der Waals surface area (Å²) in [7, 11) is 1.63. The highest BCUT2D eigenvalue weighted by molar-refractivity contribution is 5.94. The zero-order valence-electron chi connectivity index (χ0n) is 25.5. The first-order valence-corrected chi connectivity index (χ1v) is 15.6. The molecule has 0 spiro atoms. The fraction of sp³-hybridized carbons (Fsp3) is 0.444. The van der Waals surface area contributed by atoms with E-state index in [-0.39, 0.29) is 29.1 Å². The van der Waals surface area contributed by atoms with E-state index in [1.807, 2.05) is 60.7 Å². The van der Waals surface area contributed by atoms with Crippen molar-refractivity contribution in [2.75, 3.05) is 20.2 Å². The fourth-order valence-corrected chi connectivity index (χ4v) is 6.48. The number of hydrogen-bond acceptors (Lipinski definition) is 4. The average molecular weight is 586 g/mol. The van der Waals surface area contributed by atoms with Gasteiger partial charge in [0.05, 0.1) is 7.11 Å². The molecule has 1 N–H and O–H groups in total. The predicted octanol–water partition coefficient (Wildman–Crippen LogP) is 6.73. The summed E-state index contributed by atoms with van der Waals surface area (Å²) < 4.78 is 18.6. The lowest BCUT2D eigenvalue weighted by Gasteiger charge is -2.43. The first-order valence-electron chi connectivity index (χ1n) is 15.6. The molecule has 2 aliphatic rings. The van der Waals surface area contributed by atoms with E-state index in [0.717, 1.165) is 80.6 Å². The third kappa shape index (κ3) is 8.02. The Labute approximate surface area is 255 Å². The van der Waals surface area contributed by atoms with Crippen LogP contribution in [-0.4, -0.2) is 47.9 Å². The molecule has 1 aliphatic heterocycles. The number of halogens is 1. The molecular formula is C36H44FN3O3. The number of ether oxygens (including phenoxy) is 1. The number of methoxy groups -OCH3 is 1. The number of carbonyl (C=O) groups excluding carboxylic acids is 2. The van der Waals surface area contributed by atoms with Crippen LogP contribution in [0.2, 0.25) is 0 Å². The smallest absolute Gasteiger partial charge is 0.251 e. The van der Waals surface area contributed by atoms with Gasteiger partial charge in [-0.2, -0.15) is 0 Å². The number of nitrogens with one attached hydrogen (secondary N) is 1. The summed E-state index contributed by atoms with van der Waals surface area (Å²) in [6.07, 6.45) is 7.12. The molecule has 5 rings (SSSR count). The zero-order valence-corrected chi connectivity index (χ0v) is 25.5. The second-order valence-corrected chi connectivity index (χ2v) is 12.4. The van der Waals surface area contributed by atoms with Crippen molar-refractivity contribution in [3.05, 3.63) is 101 Å². The predicted molar refractivity (Wildman–Crippen MR) is 167 cm³/mol. The van der Waals surface area contributed by atoms with E-state index in [1.54, 1.807) is 7.11 Å². The largest absolute Gasteiger partial charge is 0.497 e. The minimum atomic E-state index is -0.315. The van der Waals surface area contributed by atoms with Crippen molar-refractivity contribution in [2.45, 2.75) is 77.5 Å². The van der Waals surface area contributed by atoms with Gasteiger partial charge in [0, 0.05) is 49.7 Å². The quantitative estimate of drug-likeness (QED) is 0.287. The van der Waals surface area contributed by atoms with Crippen LogP contribution < -0.4 is 10.1 Å². The van der Waals surface area contributed by atoms with E-state index < -0.39 is 0 Å². The summed E-state index contributed by atoms with van der Waals surface area (Å²) in [6.45, 7) is 5.73. The Morgan fingerprint density at radius 3 is 2.12 bits per heavy atom. The molecule has 1 heterocycles. The Balaban J connectivity index is 1.23. The number of carbonyl (C=O) groups is 2. The fourth-order valence-electron chi connectivity index (χ4n) is 6.48. The highest BCUT2D eigenvalue weighted by Crippen LogP contribution is 2.39. The van der Waals surface area contributed by atoms with E-state index in [1.165, 1.54) is 18.6 Å². The number of piperidine rings is 1. The Hall–Kier alpha value is -3.71. The zero-order chi connectivity index (χ0) is 30.2. The third-order valence-corrected chi connectivity index (χ3v) is 9.23. The maximum absolute atomic E-state index is 14.2. The Bertz CT molecular complexity index is 1340. The van der Waals surface area contributed by atoms with Gasteiger partial charge in [0.15, 0.2) is 0 Å². The van der Waals surface area contributed by atoms with Crippen molar-refractivity contribution in [3.8, 4) is 5.75 Å². The van der Waals surface area contributed by atoms with Crippen LogP contribution in [-0.2, 0) is 24.4 Å². The van der Waals surface area contributed by atoms with Crippen LogP contribution in [0.4, 0.5) is 4.39 Å². The van der Waals surface area contributed by atoms with Crippen LogP contribution in [0.15, 0.2) is 72.8 Å². The molecular weight excluding hydrogens is 541 g/mol. The van der Waals surface area contributed by atoms with Gasteiger partial charge >= 0.3 is 0 Å². The first-order chi connectivity index (χ1) is 20.8. The lowest BCUT2D eigenvalue weighted by molar-refractivity contribution is -0.147. The summed E-state index contributed by atoms with van der Waals surface area (Å²) in [6, 6.07) is 22.2. The normalized spacial score (nSPS) is 17.3. The van der Waals surface area contributed by atoms with E-state index >= 15 is 0 Å². The first kappa shape index (κ1) is 30.7. The molecule has 0 unspecified atom stereocenters. The maximum Gasteiger partial charge on any atom is 0.251 e. The van der Waals surface area contributed by atoms with Gasteiger partial charge in [-0.3, -0.25) is 14.5 Å². The molecule has 2 amide bonds. The highest BCUT2D eigenvalue weighted by atomic mass is 19.1.